The molecule has 0 spiro atoms. The zero-order valence-electron chi connectivity index (χ0n) is 17.2. The van der Waals surface area contributed by atoms with Crippen molar-refractivity contribution in [2.45, 2.75) is 33.1 Å². The minimum atomic E-state index is 0.0580. The number of aromatic nitrogens is 2. The van der Waals surface area contributed by atoms with Crippen LogP contribution in [0.25, 0.3) is 52.6 Å². The highest BCUT2D eigenvalue weighted by Gasteiger charge is 2.21. The Bertz CT molecular complexity index is 1590. The van der Waals surface area contributed by atoms with Gasteiger partial charge >= 0.3 is 0 Å². The largest absolute Gasteiger partial charge is 0.461 e. The predicted octanol–water partition coefficient (Wildman–Crippen LogP) is 8.08. The monoisotopic (exact) mass is 428 g/mol. The quantitative estimate of drug-likeness (QED) is 0.266. The maximum Gasteiger partial charge on any atom is 0.135 e. The third kappa shape index (κ3) is 2.62. The van der Waals surface area contributed by atoms with Crippen LogP contribution < -0.4 is 0 Å². The first-order valence-electron chi connectivity index (χ1n) is 9.98. The Morgan fingerprint density at radius 2 is 1.83 bits per heavy atom. The van der Waals surface area contributed by atoms with Gasteiger partial charge in [-0.25, -0.2) is 9.97 Å². The highest BCUT2D eigenvalue weighted by molar-refractivity contribution is 7.25. The molecule has 0 atom stereocenters. The van der Waals surface area contributed by atoms with Gasteiger partial charge in [0.15, 0.2) is 0 Å². The number of benzene rings is 2. The van der Waals surface area contributed by atoms with E-state index in [1.807, 2.05) is 18.3 Å². The van der Waals surface area contributed by atoms with Crippen LogP contribution in [-0.4, -0.2) is 9.97 Å². The normalized spacial score (nSPS) is 12.7. The van der Waals surface area contributed by atoms with E-state index in [1.165, 1.54) is 25.7 Å². The molecule has 0 unspecified atom stereocenters. The van der Waals surface area contributed by atoms with Crippen LogP contribution in [0.5, 0.6) is 0 Å². The summed E-state index contributed by atoms with van der Waals surface area (Å²) in [5.41, 5.74) is 4.51. The third-order valence-corrected chi connectivity index (χ3v) is 7.69. The molecule has 0 aliphatic rings. The molecule has 2 aromatic carbocycles. The summed E-state index contributed by atoms with van der Waals surface area (Å²) < 4.78 is 8.40. The fraction of sp³-hybridized carbons (Fsp3) is 0.200. The fourth-order valence-corrected chi connectivity index (χ4v) is 6.43. The lowest BCUT2D eigenvalue weighted by Crippen LogP contribution is -2.11. The summed E-state index contributed by atoms with van der Waals surface area (Å²) in [7, 11) is 0. The van der Waals surface area contributed by atoms with Gasteiger partial charge in [-0.3, -0.25) is 0 Å². The molecule has 0 radical (unpaired) electrons. The van der Waals surface area contributed by atoms with Gasteiger partial charge in [0, 0.05) is 31.1 Å². The molecule has 4 heterocycles. The Kier molecular flexibility index (Phi) is 3.68. The molecule has 30 heavy (non-hydrogen) atoms. The van der Waals surface area contributed by atoms with Crippen molar-refractivity contribution < 1.29 is 4.42 Å². The number of furan rings is 1. The fourth-order valence-electron chi connectivity index (χ4n) is 4.27. The Balaban J connectivity index is 1.71. The summed E-state index contributed by atoms with van der Waals surface area (Å²) in [4.78, 5) is 10.4. The van der Waals surface area contributed by atoms with Gasteiger partial charge in [-0.1, -0.05) is 20.8 Å². The molecule has 6 rings (SSSR count). The van der Waals surface area contributed by atoms with E-state index < -0.39 is 0 Å². The van der Waals surface area contributed by atoms with Crippen LogP contribution >= 0.6 is 22.7 Å². The molecule has 0 saturated carbocycles. The molecule has 148 valence electrons. The van der Waals surface area contributed by atoms with Crippen molar-refractivity contribution in [3.63, 3.8) is 0 Å². The van der Waals surface area contributed by atoms with Crippen molar-refractivity contribution in [1.82, 2.24) is 9.97 Å². The van der Waals surface area contributed by atoms with E-state index in [4.69, 9.17) is 9.40 Å². The molecule has 0 N–H and O–H groups in total. The van der Waals surface area contributed by atoms with Crippen molar-refractivity contribution >= 4 is 64.0 Å². The minimum Gasteiger partial charge on any atom is -0.461 e. The van der Waals surface area contributed by atoms with Crippen molar-refractivity contribution in [3.8, 4) is 11.3 Å². The topological polar surface area (TPSA) is 38.9 Å². The SMILES string of the molecule is Cc1cc2cc3c(cc2o1)sc1ncnc(-c2cc(C(C)(C)C)c4sccc4c2)c13. The zero-order valence-corrected chi connectivity index (χ0v) is 18.9. The third-order valence-electron chi connectivity index (χ3n) is 5.66. The highest BCUT2D eigenvalue weighted by Crippen LogP contribution is 2.42. The molecule has 0 bridgehead atoms. The molecule has 5 heteroatoms. The van der Waals surface area contributed by atoms with Gasteiger partial charge in [-0.2, -0.15) is 0 Å². The summed E-state index contributed by atoms with van der Waals surface area (Å²) in [5.74, 6) is 0.932. The van der Waals surface area contributed by atoms with E-state index in [9.17, 15) is 0 Å². The summed E-state index contributed by atoms with van der Waals surface area (Å²) >= 11 is 3.52. The van der Waals surface area contributed by atoms with Crippen molar-refractivity contribution in [2.24, 2.45) is 0 Å². The van der Waals surface area contributed by atoms with Crippen LogP contribution in [0.15, 0.2) is 52.5 Å². The van der Waals surface area contributed by atoms with Crippen LogP contribution in [-0.2, 0) is 5.41 Å². The predicted molar refractivity (Wildman–Crippen MR) is 129 cm³/mol. The van der Waals surface area contributed by atoms with E-state index in [2.05, 4.69) is 67.5 Å². The van der Waals surface area contributed by atoms with Gasteiger partial charge in [0.2, 0.25) is 0 Å². The number of aryl methyl sites for hydroxylation is 1. The number of hydrogen-bond donors (Lipinski definition) is 0. The first kappa shape index (κ1) is 18.0. The molecule has 0 aliphatic heterocycles. The van der Waals surface area contributed by atoms with Crippen molar-refractivity contribution in [1.29, 1.82) is 0 Å². The van der Waals surface area contributed by atoms with Crippen LogP contribution in [0.3, 0.4) is 0 Å². The maximum atomic E-state index is 5.85. The van der Waals surface area contributed by atoms with E-state index in [0.717, 1.165) is 38.2 Å². The molecule has 3 nitrogen and oxygen atoms in total. The van der Waals surface area contributed by atoms with Gasteiger partial charge in [0.1, 0.15) is 22.5 Å². The zero-order chi connectivity index (χ0) is 20.6. The number of hydrogen-bond acceptors (Lipinski definition) is 5. The lowest BCUT2D eigenvalue weighted by atomic mass is 9.85. The lowest BCUT2D eigenvalue weighted by molar-refractivity contribution is 0.579. The second-order valence-corrected chi connectivity index (χ2v) is 10.8. The van der Waals surface area contributed by atoms with E-state index >= 15 is 0 Å². The van der Waals surface area contributed by atoms with Gasteiger partial charge < -0.3 is 4.42 Å². The first-order chi connectivity index (χ1) is 14.4. The Morgan fingerprint density at radius 3 is 2.67 bits per heavy atom. The maximum absolute atomic E-state index is 5.85. The number of thiophene rings is 2. The average molecular weight is 429 g/mol. The van der Waals surface area contributed by atoms with E-state index in [0.29, 0.717) is 0 Å². The molecule has 0 aliphatic carbocycles. The molecule has 0 saturated heterocycles. The lowest BCUT2D eigenvalue weighted by Gasteiger charge is -2.21. The summed E-state index contributed by atoms with van der Waals surface area (Å²) in [6.07, 6.45) is 1.69. The molecular formula is C25H20N2OS2. The molecular weight excluding hydrogens is 408 g/mol. The summed E-state index contributed by atoms with van der Waals surface area (Å²) in [5, 5.41) is 6.91. The van der Waals surface area contributed by atoms with E-state index in [-0.39, 0.29) is 5.41 Å². The van der Waals surface area contributed by atoms with Gasteiger partial charge in [0.25, 0.3) is 0 Å². The Morgan fingerprint density at radius 1 is 0.967 bits per heavy atom. The van der Waals surface area contributed by atoms with Crippen LogP contribution in [0, 0.1) is 6.92 Å². The van der Waals surface area contributed by atoms with Crippen molar-refractivity contribution in [2.75, 3.05) is 0 Å². The van der Waals surface area contributed by atoms with Crippen molar-refractivity contribution in [3.05, 3.63) is 59.4 Å². The number of rotatable bonds is 1. The second-order valence-electron chi connectivity index (χ2n) is 8.86. The first-order valence-corrected chi connectivity index (χ1v) is 11.7. The smallest absolute Gasteiger partial charge is 0.135 e. The van der Waals surface area contributed by atoms with Crippen LogP contribution in [0.4, 0.5) is 0 Å². The molecule has 4 aromatic heterocycles. The molecule has 6 aromatic rings. The van der Waals surface area contributed by atoms with Crippen LogP contribution in [0.1, 0.15) is 32.1 Å². The molecule has 0 fully saturated rings. The van der Waals surface area contributed by atoms with Gasteiger partial charge in [-0.05, 0) is 65.1 Å². The number of nitrogens with zero attached hydrogens (tertiary/aromatic N) is 2. The van der Waals surface area contributed by atoms with Crippen LogP contribution in [0.2, 0.25) is 0 Å². The van der Waals surface area contributed by atoms with E-state index in [1.54, 1.807) is 17.7 Å². The second kappa shape index (κ2) is 6.13. The average Bonchev–Trinajstić information content (AvgIpc) is 3.39. The Hall–Kier alpha value is -2.76. The van der Waals surface area contributed by atoms with Gasteiger partial charge in [-0.15, -0.1) is 22.7 Å². The highest BCUT2D eigenvalue weighted by atomic mass is 32.1. The standard InChI is InChI=1S/C25H20N2OS2/c1-13-7-15-9-17-20(11-19(15)28-13)30-24-21(17)22(26-12-27-24)16-8-14-5-6-29-23(14)18(10-16)25(2,3)4/h5-12H,1-4H3. The summed E-state index contributed by atoms with van der Waals surface area (Å²) in [6.45, 7) is 8.82. The molecule has 0 amide bonds. The summed E-state index contributed by atoms with van der Waals surface area (Å²) in [6, 6.07) is 13.3. The Labute approximate surface area is 182 Å². The number of fused-ring (bicyclic) bond motifs is 5. The van der Waals surface area contributed by atoms with Gasteiger partial charge in [0.05, 0.1) is 5.69 Å². The minimum absolute atomic E-state index is 0.0580.